The van der Waals surface area contributed by atoms with Crippen LogP contribution >= 0.6 is 0 Å². The molecule has 2 aliphatic rings. The molecule has 10 nitrogen and oxygen atoms in total. The Bertz CT molecular complexity index is 1370. The number of amides is 4. The van der Waals surface area contributed by atoms with Crippen LogP contribution in [0.15, 0.2) is 41.3 Å². The Hall–Kier alpha value is -3.96. The number of aromatic amines is 2. The number of carbonyl (C=O) groups is 2. The second-order valence-electron chi connectivity index (χ2n) is 9.76. The first-order chi connectivity index (χ1) is 17.8. The second-order valence-corrected chi connectivity index (χ2v) is 9.76. The maximum atomic E-state index is 14.4. The molecule has 2 fully saturated rings. The van der Waals surface area contributed by atoms with Crippen LogP contribution in [0.25, 0.3) is 11.2 Å². The monoisotopic (exact) mass is 514 g/mol. The van der Waals surface area contributed by atoms with Gasteiger partial charge in [-0.3, -0.25) is 4.57 Å². The quantitative estimate of drug-likeness (QED) is 0.495. The molecule has 3 aromatic rings. The number of rotatable bonds is 3. The number of halogens is 2. The Morgan fingerprint density at radius 3 is 2.57 bits per heavy atom. The number of primary amides is 1. The summed E-state index contributed by atoms with van der Waals surface area (Å²) >= 11 is 0. The number of benzene rings is 1. The van der Waals surface area contributed by atoms with Crippen LogP contribution in [0.2, 0.25) is 0 Å². The minimum Gasteiger partial charge on any atom is -0.351 e. The highest BCUT2D eigenvalue weighted by molar-refractivity contribution is 5.75. The van der Waals surface area contributed by atoms with Gasteiger partial charge in [0.2, 0.25) is 0 Å². The molecule has 0 aliphatic carbocycles. The molecule has 4 amide bonds. The van der Waals surface area contributed by atoms with Gasteiger partial charge in [-0.15, -0.1) is 0 Å². The topological polar surface area (TPSA) is 131 Å². The van der Waals surface area contributed by atoms with E-state index >= 15 is 0 Å². The molecule has 4 heterocycles. The van der Waals surface area contributed by atoms with E-state index in [1.165, 1.54) is 17.0 Å². The normalized spacial score (nSPS) is 21.1. The summed E-state index contributed by atoms with van der Waals surface area (Å²) < 4.78 is 30.0. The zero-order valence-corrected chi connectivity index (χ0v) is 20.3. The molecule has 2 aromatic heterocycles. The summed E-state index contributed by atoms with van der Waals surface area (Å²) in [6.07, 6.45) is 3.92. The first-order valence-corrected chi connectivity index (χ1v) is 12.5. The zero-order chi connectivity index (χ0) is 26.1. The lowest BCUT2D eigenvalue weighted by Gasteiger charge is -2.33. The predicted octanol–water partition coefficient (Wildman–Crippen LogP) is 2.10. The van der Waals surface area contributed by atoms with Crippen molar-refractivity contribution >= 4 is 23.2 Å². The fourth-order valence-corrected chi connectivity index (χ4v) is 5.54. The summed E-state index contributed by atoms with van der Waals surface area (Å²) in [7, 11) is 0. The first kappa shape index (κ1) is 24.7. The van der Waals surface area contributed by atoms with Crippen molar-refractivity contribution in [3.63, 3.8) is 0 Å². The maximum Gasteiger partial charge on any atom is 0.414 e. The van der Waals surface area contributed by atoms with Crippen LogP contribution < -0.4 is 21.7 Å². The Morgan fingerprint density at radius 1 is 1.03 bits per heavy atom. The van der Waals surface area contributed by atoms with E-state index in [0.717, 1.165) is 11.6 Å². The SMILES string of the molecule is NC(=O)N1C[C@H](NC(=O)N2CCC(n3c(=O)[nH]c4[nH+]cccc43)CC2)CC[C@@H](c2cccc(F)c2F)C1. The molecule has 0 spiro atoms. The molecule has 37 heavy (non-hydrogen) atoms. The largest absolute Gasteiger partial charge is 0.414 e. The number of nitrogens with one attached hydrogen (secondary N) is 3. The Morgan fingerprint density at radius 2 is 1.81 bits per heavy atom. The Balaban J connectivity index is 1.22. The number of nitrogens with two attached hydrogens (primary N) is 1. The van der Waals surface area contributed by atoms with Crippen molar-refractivity contribution in [2.45, 2.75) is 43.7 Å². The lowest BCUT2D eigenvalue weighted by Crippen LogP contribution is -2.52. The number of aromatic nitrogens is 3. The van der Waals surface area contributed by atoms with E-state index in [2.05, 4.69) is 15.3 Å². The fourth-order valence-electron chi connectivity index (χ4n) is 5.54. The minimum absolute atomic E-state index is 0.0359. The average molecular weight is 515 g/mol. The molecule has 0 radical (unpaired) electrons. The number of pyridine rings is 1. The van der Waals surface area contributed by atoms with E-state index < -0.39 is 23.6 Å². The molecule has 2 aliphatic heterocycles. The van der Waals surface area contributed by atoms with Crippen molar-refractivity contribution in [1.82, 2.24) is 24.7 Å². The third kappa shape index (κ3) is 5.00. The molecular weight excluding hydrogens is 484 g/mol. The van der Waals surface area contributed by atoms with E-state index in [1.807, 2.05) is 12.1 Å². The standard InChI is InChI=1S/C25H29F2N7O3/c26-19-4-1-3-18(21(19)27)15-6-7-16(14-33(13-15)23(28)35)30-24(36)32-11-8-17(9-12-32)34-20-5-2-10-29-22(20)31-25(34)37/h1-5,10,15-17H,6-9,11-14H2,(H2,28,35)(H,30,36)(H,29,31,37)/p+1/t15-,16-/m1/s1. The Labute approximate surface area is 211 Å². The van der Waals surface area contributed by atoms with Gasteiger partial charge in [0.25, 0.3) is 0 Å². The zero-order valence-electron chi connectivity index (χ0n) is 20.3. The number of hydrogen-bond donors (Lipinski definition) is 3. The Kier molecular flexibility index (Phi) is 6.81. The third-order valence-corrected chi connectivity index (χ3v) is 7.47. The maximum absolute atomic E-state index is 14.4. The van der Waals surface area contributed by atoms with Gasteiger partial charge in [0.05, 0.1) is 6.20 Å². The molecule has 0 unspecified atom stereocenters. The smallest absolute Gasteiger partial charge is 0.351 e. The van der Waals surface area contributed by atoms with Crippen molar-refractivity contribution in [2.24, 2.45) is 5.73 Å². The lowest BCUT2D eigenvalue weighted by atomic mass is 9.93. The van der Waals surface area contributed by atoms with Crippen LogP contribution in [-0.2, 0) is 0 Å². The summed E-state index contributed by atoms with van der Waals surface area (Å²) in [5, 5.41) is 2.99. The highest BCUT2D eigenvalue weighted by Gasteiger charge is 2.32. The van der Waals surface area contributed by atoms with Crippen LogP contribution in [0.3, 0.4) is 0 Å². The average Bonchev–Trinajstić information content (AvgIpc) is 3.07. The van der Waals surface area contributed by atoms with Crippen LogP contribution in [0.1, 0.15) is 43.2 Å². The van der Waals surface area contributed by atoms with Crippen molar-refractivity contribution in [3.05, 3.63) is 64.2 Å². The van der Waals surface area contributed by atoms with Crippen LogP contribution in [0, 0.1) is 11.6 Å². The van der Waals surface area contributed by atoms with Gasteiger partial charge in [-0.05, 0) is 49.4 Å². The van der Waals surface area contributed by atoms with E-state index in [4.69, 9.17) is 5.73 Å². The third-order valence-electron chi connectivity index (χ3n) is 7.47. The second kappa shape index (κ2) is 10.2. The summed E-state index contributed by atoms with van der Waals surface area (Å²) in [6.45, 7) is 1.27. The molecule has 0 saturated carbocycles. The fraction of sp³-hybridized carbons (Fsp3) is 0.440. The summed E-state index contributed by atoms with van der Waals surface area (Å²) in [5.41, 5.74) is 7.03. The van der Waals surface area contributed by atoms with E-state index in [-0.39, 0.29) is 42.5 Å². The van der Waals surface area contributed by atoms with Gasteiger partial charge in [-0.1, -0.05) is 12.1 Å². The number of piperidine rings is 1. The van der Waals surface area contributed by atoms with Crippen molar-refractivity contribution in [2.75, 3.05) is 26.2 Å². The molecule has 196 valence electrons. The summed E-state index contributed by atoms with van der Waals surface area (Å²) in [4.78, 5) is 46.6. The first-order valence-electron chi connectivity index (χ1n) is 12.5. The number of carbonyl (C=O) groups excluding carboxylic acids is 2. The lowest BCUT2D eigenvalue weighted by molar-refractivity contribution is -0.347. The molecule has 12 heteroatoms. The van der Waals surface area contributed by atoms with Crippen LogP contribution in [0.5, 0.6) is 0 Å². The van der Waals surface area contributed by atoms with E-state index in [9.17, 15) is 23.2 Å². The van der Waals surface area contributed by atoms with Crippen LogP contribution in [-0.4, -0.2) is 63.6 Å². The molecule has 5 N–H and O–H groups in total. The highest BCUT2D eigenvalue weighted by atomic mass is 19.2. The number of H-pyrrole nitrogens is 2. The molecule has 0 bridgehead atoms. The highest BCUT2D eigenvalue weighted by Crippen LogP contribution is 2.30. The van der Waals surface area contributed by atoms with Crippen molar-refractivity contribution in [1.29, 1.82) is 0 Å². The number of imidazole rings is 1. The molecule has 1 aromatic carbocycles. The van der Waals surface area contributed by atoms with Crippen molar-refractivity contribution < 1.29 is 23.4 Å². The van der Waals surface area contributed by atoms with Gasteiger partial charge in [0, 0.05) is 44.2 Å². The van der Waals surface area contributed by atoms with Gasteiger partial charge < -0.3 is 20.9 Å². The van der Waals surface area contributed by atoms with Crippen LogP contribution in [0.4, 0.5) is 18.4 Å². The van der Waals surface area contributed by atoms with E-state index in [1.54, 1.807) is 15.7 Å². The number of nitrogens with zero attached hydrogens (tertiary/aromatic N) is 3. The van der Waals surface area contributed by atoms with Gasteiger partial charge >= 0.3 is 23.4 Å². The predicted molar refractivity (Wildman–Crippen MR) is 131 cm³/mol. The molecular formula is C25H30F2N7O3+. The van der Waals surface area contributed by atoms with Gasteiger partial charge in [-0.25, -0.2) is 28.1 Å². The minimum atomic E-state index is -0.936. The van der Waals surface area contributed by atoms with Crippen molar-refractivity contribution in [3.8, 4) is 0 Å². The number of hydrogen-bond acceptors (Lipinski definition) is 3. The van der Waals surface area contributed by atoms with Gasteiger partial charge in [0.15, 0.2) is 11.6 Å². The van der Waals surface area contributed by atoms with Gasteiger partial charge in [-0.2, -0.15) is 4.98 Å². The number of fused-ring (bicyclic) bond motifs is 1. The molecule has 5 rings (SSSR count). The van der Waals surface area contributed by atoms with E-state index in [0.29, 0.717) is 44.4 Å². The van der Waals surface area contributed by atoms with Gasteiger partial charge in [0.1, 0.15) is 5.52 Å². The summed E-state index contributed by atoms with van der Waals surface area (Å²) in [6, 6.07) is 6.37. The number of likely N-dealkylation sites (tertiary alicyclic amines) is 2. The number of urea groups is 2. The summed E-state index contributed by atoms with van der Waals surface area (Å²) in [5.74, 6) is -2.30. The molecule has 2 saturated heterocycles. The molecule has 2 atom stereocenters.